The van der Waals surface area contributed by atoms with E-state index in [2.05, 4.69) is 34.7 Å². The molecular formula is C15H20N2OS. The van der Waals surface area contributed by atoms with Gasteiger partial charge in [-0.15, -0.1) is 11.3 Å². The molecule has 1 aromatic carbocycles. The van der Waals surface area contributed by atoms with E-state index in [1.807, 2.05) is 26.8 Å². The van der Waals surface area contributed by atoms with E-state index in [1.165, 1.54) is 5.56 Å². The lowest BCUT2D eigenvalue weighted by molar-refractivity contribution is 0.242. The fourth-order valence-corrected chi connectivity index (χ4v) is 2.55. The Bertz CT molecular complexity index is 549. The first kappa shape index (κ1) is 13.9. The molecule has 0 saturated heterocycles. The zero-order chi connectivity index (χ0) is 13.8. The molecule has 2 rings (SSSR count). The highest BCUT2D eigenvalue weighted by Gasteiger charge is 2.04. The predicted molar refractivity (Wildman–Crippen MR) is 81.1 cm³/mol. The van der Waals surface area contributed by atoms with Crippen LogP contribution in [0, 0.1) is 13.8 Å². The molecule has 0 atom stereocenters. The second kappa shape index (κ2) is 6.06. The molecule has 0 amide bonds. The van der Waals surface area contributed by atoms with Crippen LogP contribution in [0.1, 0.15) is 30.1 Å². The minimum Gasteiger partial charge on any atom is -0.491 e. The molecule has 0 bridgehead atoms. The van der Waals surface area contributed by atoms with E-state index in [4.69, 9.17) is 4.74 Å². The van der Waals surface area contributed by atoms with Gasteiger partial charge in [-0.1, -0.05) is 0 Å². The van der Waals surface area contributed by atoms with Gasteiger partial charge < -0.3 is 10.1 Å². The third-order valence-electron chi connectivity index (χ3n) is 2.67. The number of hydrogen-bond donors (Lipinski definition) is 1. The average Bonchev–Trinajstić information content (AvgIpc) is 2.73. The maximum atomic E-state index is 5.68. The second-order valence-electron chi connectivity index (χ2n) is 4.88. The smallest absolute Gasteiger partial charge is 0.120 e. The molecule has 0 aliphatic rings. The van der Waals surface area contributed by atoms with E-state index < -0.39 is 0 Å². The highest BCUT2D eigenvalue weighted by Crippen LogP contribution is 2.23. The number of aromatic nitrogens is 1. The van der Waals surface area contributed by atoms with Crippen LogP contribution in [0.15, 0.2) is 23.6 Å². The summed E-state index contributed by atoms with van der Waals surface area (Å²) in [5.74, 6) is 0.920. The number of hydrogen-bond acceptors (Lipinski definition) is 4. The molecular weight excluding hydrogens is 256 g/mol. The standard InChI is InChI=1S/C15H20N2OS/c1-10(2)18-13-5-6-14(11(3)7-13)16-8-15-17-12(4)9-19-15/h5-7,9-10,16H,8H2,1-4H3. The van der Waals surface area contributed by atoms with E-state index in [0.717, 1.165) is 28.7 Å². The first-order chi connectivity index (χ1) is 9.04. The van der Waals surface area contributed by atoms with Gasteiger partial charge in [0.1, 0.15) is 10.8 Å². The summed E-state index contributed by atoms with van der Waals surface area (Å²) in [6.07, 6.45) is 0.205. The van der Waals surface area contributed by atoms with E-state index >= 15 is 0 Å². The fourth-order valence-electron chi connectivity index (χ4n) is 1.83. The van der Waals surface area contributed by atoms with Crippen molar-refractivity contribution in [3.8, 4) is 5.75 Å². The van der Waals surface area contributed by atoms with Gasteiger partial charge in [0.2, 0.25) is 0 Å². The Balaban J connectivity index is 2.00. The largest absolute Gasteiger partial charge is 0.491 e. The minimum atomic E-state index is 0.205. The van der Waals surface area contributed by atoms with Crippen molar-refractivity contribution in [1.82, 2.24) is 4.98 Å². The van der Waals surface area contributed by atoms with Crippen LogP contribution in [0.25, 0.3) is 0 Å². The van der Waals surface area contributed by atoms with Crippen molar-refractivity contribution >= 4 is 17.0 Å². The van der Waals surface area contributed by atoms with E-state index in [9.17, 15) is 0 Å². The molecule has 1 aromatic heterocycles. The number of aryl methyl sites for hydroxylation is 2. The quantitative estimate of drug-likeness (QED) is 0.890. The summed E-state index contributed by atoms with van der Waals surface area (Å²) in [5, 5.41) is 6.60. The molecule has 0 spiro atoms. The van der Waals surface area contributed by atoms with Crippen LogP contribution >= 0.6 is 11.3 Å². The SMILES string of the molecule is Cc1csc(CNc2ccc(OC(C)C)cc2C)n1. The van der Waals surface area contributed by atoms with E-state index in [0.29, 0.717) is 0 Å². The molecule has 102 valence electrons. The van der Waals surface area contributed by atoms with Crippen molar-refractivity contribution in [1.29, 1.82) is 0 Å². The van der Waals surface area contributed by atoms with Crippen LogP contribution < -0.4 is 10.1 Å². The van der Waals surface area contributed by atoms with Crippen LogP contribution in [0.4, 0.5) is 5.69 Å². The molecule has 0 unspecified atom stereocenters. The summed E-state index contributed by atoms with van der Waals surface area (Å²) >= 11 is 1.69. The molecule has 0 aliphatic heterocycles. The van der Waals surface area contributed by atoms with Gasteiger partial charge in [0.15, 0.2) is 0 Å². The summed E-state index contributed by atoms with van der Waals surface area (Å²) in [6, 6.07) is 6.13. The van der Waals surface area contributed by atoms with Gasteiger partial charge in [0, 0.05) is 16.8 Å². The van der Waals surface area contributed by atoms with Gasteiger partial charge in [0.05, 0.1) is 12.6 Å². The lowest BCUT2D eigenvalue weighted by Crippen LogP contribution is -2.06. The molecule has 4 heteroatoms. The summed E-state index contributed by atoms with van der Waals surface area (Å²) in [6.45, 7) is 8.94. The topological polar surface area (TPSA) is 34.1 Å². The number of anilines is 1. The Morgan fingerprint density at radius 2 is 2.11 bits per heavy atom. The van der Waals surface area contributed by atoms with Crippen LogP contribution in [-0.2, 0) is 6.54 Å². The molecule has 1 heterocycles. The zero-order valence-electron chi connectivity index (χ0n) is 11.9. The van der Waals surface area contributed by atoms with Gasteiger partial charge in [-0.25, -0.2) is 4.98 Å². The average molecular weight is 276 g/mol. The zero-order valence-corrected chi connectivity index (χ0v) is 12.7. The molecule has 1 N–H and O–H groups in total. The van der Waals surface area contributed by atoms with Gasteiger partial charge in [0.25, 0.3) is 0 Å². The highest BCUT2D eigenvalue weighted by molar-refractivity contribution is 7.09. The van der Waals surface area contributed by atoms with Gasteiger partial charge in [-0.2, -0.15) is 0 Å². The van der Waals surface area contributed by atoms with Crippen molar-refractivity contribution < 1.29 is 4.74 Å². The normalized spacial score (nSPS) is 10.8. The van der Waals surface area contributed by atoms with Crippen LogP contribution in [-0.4, -0.2) is 11.1 Å². The summed E-state index contributed by atoms with van der Waals surface area (Å²) < 4.78 is 5.68. The Kier molecular flexibility index (Phi) is 4.43. The number of ether oxygens (including phenoxy) is 1. The Morgan fingerprint density at radius 3 is 2.68 bits per heavy atom. The summed E-state index contributed by atoms with van der Waals surface area (Å²) in [7, 11) is 0. The van der Waals surface area contributed by atoms with Crippen LogP contribution in [0.2, 0.25) is 0 Å². The fraction of sp³-hybridized carbons (Fsp3) is 0.400. The van der Waals surface area contributed by atoms with Crippen molar-refractivity contribution in [3.05, 3.63) is 39.8 Å². The van der Waals surface area contributed by atoms with Gasteiger partial charge >= 0.3 is 0 Å². The Hall–Kier alpha value is -1.55. The third-order valence-corrected chi connectivity index (χ3v) is 3.63. The highest BCUT2D eigenvalue weighted by atomic mass is 32.1. The van der Waals surface area contributed by atoms with E-state index in [-0.39, 0.29) is 6.10 Å². The molecule has 0 radical (unpaired) electrons. The van der Waals surface area contributed by atoms with Gasteiger partial charge in [-0.05, 0) is 51.5 Å². The molecule has 3 nitrogen and oxygen atoms in total. The third kappa shape index (κ3) is 3.96. The number of benzene rings is 1. The molecule has 0 fully saturated rings. The molecule has 0 aliphatic carbocycles. The molecule has 2 aromatic rings. The van der Waals surface area contributed by atoms with Crippen molar-refractivity contribution in [2.75, 3.05) is 5.32 Å². The first-order valence-electron chi connectivity index (χ1n) is 6.47. The Morgan fingerprint density at radius 1 is 1.32 bits per heavy atom. The van der Waals surface area contributed by atoms with E-state index in [1.54, 1.807) is 11.3 Å². The molecule has 19 heavy (non-hydrogen) atoms. The first-order valence-corrected chi connectivity index (χ1v) is 7.35. The number of nitrogens with zero attached hydrogens (tertiary/aromatic N) is 1. The maximum absolute atomic E-state index is 5.68. The number of thiazole rings is 1. The van der Waals surface area contributed by atoms with Crippen molar-refractivity contribution in [2.24, 2.45) is 0 Å². The van der Waals surface area contributed by atoms with Crippen LogP contribution in [0.5, 0.6) is 5.75 Å². The van der Waals surface area contributed by atoms with Crippen LogP contribution in [0.3, 0.4) is 0 Å². The van der Waals surface area contributed by atoms with Crippen molar-refractivity contribution in [2.45, 2.75) is 40.3 Å². The van der Waals surface area contributed by atoms with Gasteiger partial charge in [-0.3, -0.25) is 0 Å². The second-order valence-corrected chi connectivity index (χ2v) is 5.82. The maximum Gasteiger partial charge on any atom is 0.120 e. The number of nitrogens with one attached hydrogen (secondary N) is 1. The summed E-state index contributed by atoms with van der Waals surface area (Å²) in [5.41, 5.74) is 3.40. The summed E-state index contributed by atoms with van der Waals surface area (Å²) in [4.78, 5) is 4.44. The Labute approximate surface area is 118 Å². The monoisotopic (exact) mass is 276 g/mol. The van der Waals surface area contributed by atoms with Crippen molar-refractivity contribution in [3.63, 3.8) is 0 Å². The lowest BCUT2D eigenvalue weighted by atomic mass is 10.2. The number of rotatable bonds is 5. The molecule has 0 saturated carbocycles. The predicted octanol–water partition coefficient (Wildman–Crippen LogP) is 4.16. The minimum absolute atomic E-state index is 0.205. The lowest BCUT2D eigenvalue weighted by Gasteiger charge is -2.13.